The molecule has 142 valence electrons. The fourth-order valence-electron chi connectivity index (χ4n) is 3.66. The fourth-order valence-corrected chi connectivity index (χ4v) is 5.02. The third-order valence-corrected chi connectivity index (χ3v) is 6.93. The molecule has 0 saturated heterocycles. The lowest BCUT2D eigenvalue weighted by Gasteiger charge is -2.25. The van der Waals surface area contributed by atoms with E-state index in [0.717, 1.165) is 30.6 Å². The summed E-state index contributed by atoms with van der Waals surface area (Å²) in [5.74, 6) is -0.998. The molecule has 3 nitrogen and oxygen atoms in total. The van der Waals surface area contributed by atoms with Gasteiger partial charge in [0.15, 0.2) is 0 Å². The van der Waals surface area contributed by atoms with Crippen molar-refractivity contribution in [2.24, 2.45) is 17.8 Å². The molecular weight excluding hydrogens is 363 g/mol. The smallest absolute Gasteiger partial charge is 0.352 e. The maximum absolute atomic E-state index is 13.2. The van der Waals surface area contributed by atoms with Crippen LogP contribution in [0.5, 0.6) is 0 Å². The van der Waals surface area contributed by atoms with Crippen molar-refractivity contribution < 1.29 is 22.8 Å². The van der Waals surface area contributed by atoms with Crippen LogP contribution in [0.2, 0.25) is 0 Å². The average Bonchev–Trinajstić information content (AvgIpc) is 3.47. The topological polar surface area (TPSA) is 46.2 Å². The van der Waals surface area contributed by atoms with Crippen molar-refractivity contribution >= 4 is 23.0 Å². The van der Waals surface area contributed by atoms with Gasteiger partial charge in [-0.1, -0.05) is 0 Å². The zero-order valence-electron chi connectivity index (χ0n) is 14.5. The van der Waals surface area contributed by atoms with Gasteiger partial charge in [-0.2, -0.15) is 13.2 Å². The molecule has 4 rings (SSSR count). The van der Waals surface area contributed by atoms with Crippen molar-refractivity contribution in [3.05, 3.63) is 20.9 Å². The van der Waals surface area contributed by atoms with Crippen LogP contribution in [0.15, 0.2) is 0 Å². The molecule has 1 atom stereocenters. The Labute approximate surface area is 154 Å². The van der Waals surface area contributed by atoms with E-state index in [1.807, 2.05) is 0 Å². The van der Waals surface area contributed by atoms with Crippen molar-refractivity contribution in [3.63, 3.8) is 0 Å². The van der Waals surface area contributed by atoms with Crippen LogP contribution in [-0.4, -0.2) is 24.4 Å². The van der Waals surface area contributed by atoms with Crippen LogP contribution in [0.3, 0.4) is 0 Å². The van der Waals surface area contributed by atoms with Crippen LogP contribution in [0.4, 0.5) is 13.2 Å². The van der Waals surface area contributed by atoms with E-state index in [0.29, 0.717) is 34.9 Å². The summed E-state index contributed by atoms with van der Waals surface area (Å²) in [4.78, 5) is 26.5. The Morgan fingerprint density at radius 1 is 1.12 bits per heavy atom. The lowest BCUT2D eigenvalue weighted by Crippen LogP contribution is -2.31. The van der Waals surface area contributed by atoms with Gasteiger partial charge in [-0.15, -0.1) is 11.3 Å². The van der Waals surface area contributed by atoms with Crippen molar-refractivity contribution in [1.82, 2.24) is 5.32 Å². The lowest BCUT2D eigenvalue weighted by molar-refractivity contribution is -0.177. The molecule has 1 aromatic heterocycles. The predicted molar refractivity (Wildman–Crippen MR) is 92.4 cm³/mol. The number of fused-ring (bicyclic) bond motifs is 1. The summed E-state index contributed by atoms with van der Waals surface area (Å²) in [5.41, 5.74) is 0.907. The van der Waals surface area contributed by atoms with Gasteiger partial charge in [0.25, 0.3) is 5.91 Å². The second-order valence-corrected chi connectivity index (χ2v) is 9.04. The number of thiophene rings is 1. The van der Waals surface area contributed by atoms with Gasteiger partial charge >= 0.3 is 6.18 Å². The van der Waals surface area contributed by atoms with Crippen LogP contribution in [-0.2, 0) is 24.1 Å². The monoisotopic (exact) mass is 385 g/mol. The molecule has 1 aromatic rings. The van der Waals surface area contributed by atoms with Gasteiger partial charge in [0.2, 0.25) is 0 Å². The zero-order valence-corrected chi connectivity index (χ0v) is 15.3. The molecule has 26 heavy (non-hydrogen) atoms. The van der Waals surface area contributed by atoms with Crippen LogP contribution < -0.4 is 5.32 Å². The lowest BCUT2D eigenvalue weighted by atomic mass is 9.85. The number of aryl methyl sites for hydroxylation is 1. The molecule has 1 N–H and O–H groups in total. The van der Waals surface area contributed by atoms with Gasteiger partial charge in [0.1, 0.15) is 5.78 Å². The highest BCUT2D eigenvalue weighted by Crippen LogP contribution is 2.43. The molecule has 0 aliphatic heterocycles. The first-order valence-corrected chi connectivity index (χ1v) is 10.2. The van der Waals surface area contributed by atoms with Crippen molar-refractivity contribution in [2.45, 2.75) is 57.5 Å². The Balaban J connectivity index is 1.61. The molecule has 0 bridgehead atoms. The second-order valence-electron chi connectivity index (χ2n) is 7.85. The Morgan fingerprint density at radius 3 is 2.46 bits per heavy atom. The molecule has 1 amide bonds. The number of carbonyl (C=O) groups excluding carboxylic acids is 2. The molecule has 3 aliphatic rings. The Kier molecular flexibility index (Phi) is 4.61. The number of carbonyl (C=O) groups is 2. The van der Waals surface area contributed by atoms with Crippen molar-refractivity contribution in [2.75, 3.05) is 6.54 Å². The maximum atomic E-state index is 13.2. The summed E-state index contributed by atoms with van der Waals surface area (Å²) < 4.78 is 39.6. The molecule has 1 heterocycles. The average molecular weight is 385 g/mol. The highest BCUT2D eigenvalue weighted by Gasteiger charge is 2.43. The summed E-state index contributed by atoms with van der Waals surface area (Å²) in [6.07, 6.45) is 0.166. The number of Topliss-reactive ketones (excluding diaryl/α,β-unsaturated/α-hetero) is 1. The number of nitrogens with one attached hydrogen (secondary N) is 1. The molecule has 3 aliphatic carbocycles. The minimum absolute atomic E-state index is 0.0656. The standard InChI is InChI=1S/C19H22F3NO2S/c20-19(21,22)12-5-6-15-13(7-12)17(18(25)23-9-10-1-2-10)16(26-15)8-14(24)11-3-4-11/h10-12H,1-9H2,(H,23,25)/t12-/m1/s1. The van der Waals surface area contributed by atoms with E-state index in [1.165, 1.54) is 11.3 Å². The SMILES string of the molecule is O=C(NCC1CC1)c1c(CC(=O)C2CC2)sc2c1C[C@H](C(F)(F)F)CC2. The normalized spacial score (nSPS) is 22.8. The highest BCUT2D eigenvalue weighted by atomic mass is 32.1. The largest absolute Gasteiger partial charge is 0.392 e. The quantitative estimate of drug-likeness (QED) is 0.802. The van der Waals surface area contributed by atoms with Crippen molar-refractivity contribution in [1.29, 1.82) is 0 Å². The summed E-state index contributed by atoms with van der Waals surface area (Å²) in [5, 5.41) is 2.88. The fraction of sp³-hybridized carbons (Fsp3) is 0.684. The highest BCUT2D eigenvalue weighted by molar-refractivity contribution is 7.12. The number of hydrogen-bond acceptors (Lipinski definition) is 3. The van der Waals surface area contributed by atoms with Crippen LogP contribution in [0.25, 0.3) is 0 Å². The molecule has 0 spiro atoms. The number of amides is 1. The first-order valence-electron chi connectivity index (χ1n) is 9.34. The minimum atomic E-state index is -4.24. The molecule has 0 unspecified atom stereocenters. The summed E-state index contributed by atoms with van der Waals surface area (Å²) >= 11 is 1.38. The van der Waals surface area contributed by atoms with Gasteiger partial charge in [-0.05, 0) is 56.4 Å². The second kappa shape index (κ2) is 6.66. The number of ketones is 1. The van der Waals surface area contributed by atoms with Gasteiger partial charge in [0, 0.05) is 28.6 Å². The van der Waals surface area contributed by atoms with Gasteiger partial charge in [0.05, 0.1) is 11.5 Å². The third-order valence-electron chi connectivity index (χ3n) is 5.64. The van der Waals surface area contributed by atoms with E-state index >= 15 is 0 Å². The van der Waals surface area contributed by atoms with Gasteiger partial charge in [-0.25, -0.2) is 0 Å². The van der Waals surface area contributed by atoms with Crippen LogP contribution in [0.1, 0.15) is 57.8 Å². The van der Waals surface area contributed by atoms with E-state index < -0.39 is 12.1 Å². The van der Waals surface area contributed by atoms with Crippen molar-refractivity contribution in [3.8, 4) is 0 Å². The predicted octanol–water partition coefficient (Wildman–Crippen LogP) is 4.08. The number of hydrogen-bond donors (Lipinski definition) is 1. The molecule has 7 heteroatoms. The molecular formula is C19H22F3NO2S. The summed E-state index contributed by atoms with van der Waals surface area (Å²) in [6, 6.07) is 0. The first-order chi connectivity index (χ1) is 12.3. The molecule has 0 radical (unpaired) electrons. The van der Waals surface area contributed by atoms with Crippen LogP contribution in [0, 0.1) is 17.8 Å². The first kappa shape index (κ1) is 18.0. The number of alkyl halides is 3. The Morgan fingerprint density at radius 2 is 1.85 bits per heavy atom. The maximum Gasteiger partial charge on any atom is 0.392 e. The number of rotatable bonds is 6. The minimum Gasteiger partial charge on any atom is -0.352 e. The summed E-state index contributed by atoms with van der Waals surface area (Å²) in [7, 11) is 0. The van der Waals surface area contributed by atoms with E-state index in [-0.39, 0.29) is 36.9 Å². The van der Waals surface area contributed by atoms with E-state index in [1.54, 1.807) is 0 Å². The van der Waals surface area contributed by atoms with Gasteiger partial charge in [-0.3, -0.25) is 9.59 Å². The van der Waals surface area contributed by atoms with E-state index in [2.05, 4.69) is 5.32 Å². The third kappa shape index (κ3) is 3.82. The van der Waals surface area contributed by atoms with Crippen LogP contribution >= 0.6 is 11.3 Å². The zero-order chi connectivity index (χ0) is 18.5. The summed E-state index contributed by atoms with van der Waals surface area (Å²) in [6.45, 7) is 0.572. The Hall–Kier alpha value is -1.37. The van der Waals surface area contributed by atoms with E-state index in [9.17, 15) is 22.8 Å². The molecule has 2 saturated carbocycles. The van der Waals surface area contributed by atoms with Gasteiger partial charge < -0.3 is 5.32 Å². The van der Waals surface area contributed by atoms with E-state index in [4.69, 9.17) is 0 Å². The molecule has 2 fully saturated rings. The Bertz CT molecular complexity index is 732. The number of halogens is 3. The molecule has 0 aromatic carbocycles.